The molecule has 6 atom stereocenters. The minimum absolute atomic E-state index is 0.0352. The maximum absolute atomic E-state index is 13.7. The number of fused-ring (bicyclic) bond motifs is 4. The van der Waals surface area contributed by atoms with Gasteiger partial charge in [0.1, 0.15) is 5.75 Å². The Morgan fingerprint density at radius 2 is 1.79 bits per heavy atom. The van der Waals surface area contributed by atoms with Gasteiger partial charge in [0.05, 0.1) is 17.3 Å². The molecule has 2 aliphatic carbocycles. The number of halogens is 4. The van der Waals surface area contributed by atoms with E-state index < -0.39 is 63.0 Å². The zero-order chi connectivity index (χ0) is 27.7. The number of hydrogen-bond acceptors (Lipinski definition) is 6. The number of carboxylic acid groups (broad SMARTS) is 1. The SMILES string of the molecule is O=C(O)CCCN1C(=O)C2CC=C3C(CC4(Cl)C(=O)N(CBr)C(=O)C4(Cl)C3c3ccc(O)cc3Cl)C2C1=O. The fourth-order valence-corrected chi connectivity index (χ4v) is 8.22. The van der Waals surface area contributed by atoms with Crippen LogP contribution in [0.15, 0.2) is 29.8 Å². The third-order valence-electron chi connectivity index (χ3n) is 8.17. The molecule has 5 rings (SSSR count). The molecule has 2 N–H and O–H groups in total. The summed E-state index contributed by atoms with van der Waals surface area (Å²) in [4.78, 5) is 63.1. The van der Waals surface area contributed by atoms with Crippen molar-refractivity contribution in [2.45, 2.75) is 41.3 Å². The molecule has 0 bridgehead atoms. The summed E-state index contributed by atoms with van der Waals surface area (Å²) in [6, 6.07) is 4.18. The minimum atomic E-state index is -1.98. The Hall–Kier alpha value is -2.14. The summed E-state index contributed by atoms with van der Waals surface area (Å²) in [5.41, 5.74) is 0.788. The number of likely N-dealkylation sites (tertiary alicyclic amines) is 2. The van der Waals surface area contributed by atoms with Crippen LogP contribution in [0.5, 0.6) is 5.75 Å². The zero-order valence-corrected chi connectivity index (χ0v) is 23.6. The predicted molar refractivity (Wildman–Crippen MR) is 140 cm³/mol. The van der Waals surface area contributed by atoms with Crippen LogP contribution < -0.4 is 0 Å². The van der Waals surface area contributed by atoms with E-state index in [0.717, 1.165) is 9.80 Å². The maximum Gasteiger partial charge on any atom is 0.303 e. The van der Waals surface area contributed by atoms with Crippen molar-refractivity contribution in [3.8, 4) is 5.75 Å². The highest BCUT2D eigenvalue weighted by Crippen LogP contribution is 2.66. The molecule has 4 amide bonds. The molecule has 0 spiro atoms. The van der Waals surface area contributed by atoms with Gasteiger partial charge in [-0.2, -0.15) is 0 Å². The van der Waals surface area contributed by atoms with Gasteiger partial charge in [-0.05, 0) is 42.9 Å². The lowest BCUT2D eigenvalue weighted by atomic mass is 9.56. The number of phenolic OH excluding ortho intramolecular Hbond substituents is 1. The molecule has 0 radical (unpaired) electrons. The Bertz CT molecular complexity index is 1320. The first-order valence-corrected chi connectivity index (χ1v) is 14.2. The van der Waals surface area contributed by atoms with Crippen molar-refractivity contribution < 1.29 is 34.2 Å². The fraction of sp³-hybridized carbons (Fsp3) is 0.480. The smallest absolute Gasteiger partial charge is 0.303 e. The van der Waals surface area contributed by atoms with E-state index in [0.29, 0.717) is 11.1 Å². The number of carboxylic acids is 1. The van der Waals surface area contributed by atoms with E-state index in [-0.39, 0.29) is 48.5 Å². The lowest BCUT2D eigenvalue weighted by Gasteiger charge is -2.51. The van der Waals surface area contributed by atoms with Crippen LogP contribution in [0.1, 0.15) is 37.2 Å². The highest BCUT2D eigenvalue weighted by Gasteiger charge is 2.76. The molecule has 202 valence electrons. The summed E-state index contributed by atoms with van der Waals surface area (Å²) in [7, 11) is 0. The van der Waals surface area contributed by atoms with Gasteiger partial charge < -0.3 is 10.2 Å². The lowest BCUT2D eigenvalue weighted by Crippen LogP contribution is -2.60. The predicted octanol–water partition coefficient (Wildman–Crippen LogP) is 3.62. The van der Waals surface area contributed by atoms with Gasteiger partial charge in [0.25, 0.3) is 11.8 Å². The third kappa shape index (κ3) is 3.67. The summed E-state index contributed by atoms with van der Waals surface area (Å²) in [5, 5.41) is 19.0. The Morgan fingerprint density at radius 3 is 2.42 bits per heavy atom. The van der Waals surface area contributed by atoms with Gasteiger partial charge in [0, 0.05) is 23.9 Å². The molecule has 3 fully saturated rings. The minimum Gasteiger partial charge on any atom is -0.508 e. The highest BCUT2D eigenvalue weighted by atomic mass is 79.9. The number of amides is 4. The van der Waals surface area contributed by atoms with Gasteiger partial charge in [-0.15, -0.1) is 23.2 Å². The molecule has 2 aliphatic heterocycles. The van der Waals surface area contributed by atoms with Crippen LogP contribution in [-0.4, -0.2) is 71.4 Å². The van der Waals surface area contributed by atoms with Crippen molar-refractivity contribution in [1.29, 1.82) is 0 Å². The second-order valence-electron chi connectivity index (χ2n) is 10.0. The van der Waals surface area contributed by atoms with Crippen LogP contribution in [-0.2, 0) is 24.0 Å². The van der Waals surface area contributed by atoms with Crippen LogP contribution in [0.3, 0.4) is 0 Å². The molecule has 2 saturated heterocycles. The van der Waals surface area contributed by atoms with Gasteiger partial charge >= 0.3 is 5.97 Å². The highest BCUT2D eigenvalue weighted by molar-refractivity contribution is 9.09. The quantitative estimate of drug-likeness (QED) is 0.209. The Kier molecular flexibility index (Phi) is 6.86. The van der Waals surface area contributed by atoms with Crippen molar-refractivity contribution in [2.24, 2.45) is 17.8 Å². The van der Waals surface area contributed by atoms with Crippen molar-refractivity contribution in [2.75, 3.05) is 12.0 Å². The molecule has 38 heavy (non-hydrogen) atoms. The van der Waals surface area contributed by atoms with E-state index >= 15 is 0 Å². The van der Waals surface area contributed by atoms with E-state index in [2.05, 4.69) is 15.9 Å². The number of allylic oxidation sites excluding steroid dienone is 2. The molecular weight excluding hydrogens is 627 g/mol. The number of aliphatic carboxylic acids is 1. The number of phenols is 1. The van der Waals surface area contributed by atoms with Crippen LogP contribution in [0, 0.1) is 17.8 Å². The normalized spacial score (nSPS) is 34.3. The number of benzene rings is 1. The Morgan fingerprint density at radius 1 is 1.08 bits per heavy atom. The molecule has 1 aromatic carbocycles. The van der Waals surface area contributed by atoms with Crippen molar-refractivity contribution in [1.82, 2.24) is 9.80 Å². The maximum atomic E-state index is 13.7. The van der Waals surface area contributed by atoms with Crippen molar-refractivity contribution in [3.63, 3.8) is 0 Å². The summed E-state index contributed by atoms with van der Waals surface area (Å²) in [5.74, 6) is -6.75. The Balaban J connectivity index is 1.64. The average molecular weight is 649 g/mol. The summed E-state index contributed by atoms with van der Waals surface area (Å²) in [6.07, 6.45) is 1.73. The van der Waals surface area contributed by atoms with Crippen LogP contribution in [0.25, 0.3) is 0 Å². The first kappa shape index (κ1) is 27.4. The first-order chi connectivity index (χ1) is 17.9. The first-order valence-electron chi connectivity index (χ1n) is 11.9. The number of hydrogen-bond donors (Lipinski definition) is 2. The molecule has 6 unspecified atom stereocenters. The average Bonchev–Trinajstić information content (AvgIpc) is 3.18. The van der Waals surface area contributed by atoms with Gasteiger partial charge in [0.15, 0.2) is 9.75 Å². The van der Waals surface area contributed by atoms with E-state index in [1.165, 1.54) is 18.2 Å². The van der Waals surface area contributed by atoms with E-state index in [9.17, 15) is 29.1 Å². The number of imide groups is 2. The number of alkyl halides is 3. The number of carbonyl (C=O) groups excluding carboxylic acids is 4. The molecule has 2 heterocycles. The summed E-state index contributed by atoms with van der Waals surface area (Å²) < 4.78 is 0. The van der Waals surface area contributed by atoms with Crippen LogP contribution >= 0.6 is 50.7 Å². The van der Waals surface area contributed by atoms with E-state index in [1.807, 2.05) is 0 Å². The van der Waals surface area contributed by atoms with Gasteiger partial charge in [0.2, 0.25) is 11.8 Å². The van der Waals surface area contributed by atoms with Crippen molar-refractivity contribution >= 4 is 80.3 Å². The number of carbonyl (C=O) groups is 5. The lowest BCUT2D eigenvalue weighted by molar-refractivity contribution is -0.142. The molecule has 1 saturated carbocycles. The number of aromatic hydroxyl groups is 1. The topological polar surface area (TPSA) is 132 Å². The summed E-state index contributed by atoms with van der Waals surface area (Å²) >= 11 is 23.9. The molecule has 0 aromatic heterocycles. The second kappa shape index (κ2) is 9.50. The number of rotatable bonds is 6. The third-order valence-corrected chi connectivity index (χ3v) is 10.4. The zero-order valence-electron chi connectivity index (χ0n) is 19.7. The fourth-order valence-electron chi connectivity index (χ4n) is 6.52. The standard InChI is InChI=1S/C25H22BrCl3N2O7/c26-10-31-22(37)24(28)9-15-12(19(25(24,29)23(31)38)13-4-3-11(32)8-16(13)27)5-6-14-18(15)21(36)30(20(14)35)7-1-2-17(33)34/h3-5,8,14-15,18-19,32H,1-2,6-7,9-10H2,(H,33,34). The monoisotopic (exact) mass is 646 g/mol. The van der Waals surface area contributed by atoms with E-state index in [4.69, 9.17) is 39.9 Å². The second-order valence-corrected chi connectivity index (χ2v) is 12.2. The summed E-state index contributed by atoms with van der Waals surface area (Å²) in [6.45, 7) is -0.0352. The molecular formula is C25H22BrCl3N2O7. The molecule has 9 nitrogen and oxygen atoms in total. The van der Waals surface area contributed by atoms with Crippen molar-refractivity contribution in [3.05, 3.63) is 40.4 Å². The molecule has 4 aliphatic rings. The van der Waals surface area contributed by atoms with Crippen LogP contribution in [0.2, 0.25) is 5.02 Å². The molecule has 1 aromatic rings. The van der Waals surface area contributed by atoms with Gasteiger partial charge in [-0.25, -0.2) is 0 Å². The largest absolute Gasteiger partial charge is 0.508 e. The van der Waals surface area contributed by atoms with Gasteiger partial charge in [-0.3, -0.25) is 33.8 Å². The van der Waals surface area contributed by atoms with Crippen LogP contribution in [0.4, 0.5) is 0 Å². The van der Waals surface area contributed by atoms with E-state index in [1.54, 1.807) is 6.08 Å². The van der Waals surface area contributed by atoms with Gasteiger partial charge in [-0.1, -0.05) is 45.2 Å². The molecule has 13 heteroatoms. The number of nitrogens with zero attached hydrogens (tertiary/aromatic N) is 2. The Labute approximate surface area is 240 Å².